The monoisotopic (exact) mass is 329 g/mol. The second kappa shape index (κ2) is 6.28. The first-order valence-electron chi connectivity index (χ1n) is 7.93. The van der Waals surface area contributed by atoms with Gasteiger partial charge in [0.05, 0.1) is 11.0 Å². The van der Waals surface area contributed by atoms with E-state index in [1.54, 1.807) is 0 Å². The first-order valence-corrected chi connectivity index (χ1v) is 8.71. The number of para-hydroxylation sites is 2. The van der Waals surface area contributed by atoms with E-state index in [0.717, 1.165) is 41.7 Å². The van der Waals surface area contributed by atoms with Gasteiger partial charge in [-0.15, -0.1) is 0 Å². The van der Waals surface area contributed by atoms with Crippen molar-refractivity contribution < 1.29 is 0 Å². The van der Waals surface area contributed by atoms with Crippen LogP contribution in [0.1, 0.15) is 38.8 Å². The lowest BCUT2D eigenvalue weighted by Gasteiger charge is -2.12. The zero-order valence-corrected chi connectivity index (χ0v) is 14.9. The minimum Gasteiger partial charge on any atom is -0.360 e. The molecule has 23 heavy (non-hydrogen) atoms. The molecule has 0 saturated heterocycles. The Hall–Kier alpha value is -1.95. The molecule has 2 aromatic heterocycles. The van der Waals surface area contributed by atoms with Crippen molar-refractivity contribution in [2.24, 2.45) is 7.05 Å². The Morgan fingerprint density at radius 3 is 2.65 bits per heavy atom. The highest BCUT2D eigenvalue weighted by atomic mass is 32.1. The molecule has 0 bridgehead atoms. The van der Waals surface area contributed by atoms with Gasteiger partial charge in [0, 0.05) is 37.0 Å². The van der Waals surface area contributed by atoms with Crippen LogP contribution in [-0.2, 0) is 18.9 Å². The maximum absolute atomic E-state index is 4.70. The van der Waals surface area contributed by atoms with Crippen LogP contribution in [0.3, 0.4) is 0 Å². The Labute approximate surface area is 140 Å². The summed E-state index contributed by atoms with van der Waals surface area (Å²) in [5.74, 6) is 2.03. The van der Waals surface area contributed by atoms with Crippen molar-refractivity contribution in [3.05, 3.63) is 35.9 Å². The minimum absolute atomic E-state index is 0.00347. The summed E-state index contributed by atoms with van der Waals surface area (Å²) >= 11 is 1.44. The molecule has 0 saturated carbocycles. The van der Waals surface area contributed by atoms with Crippen LogP contribution in [0.5, 0.6) is 0 Å². The van der Waals surface area contributed by atoms with Crippen molar-refractivity contribution in [2.75, 3.05) is 11.9 Å². The van der Waals surface area contributed by atoms with Crippen LogP contribution in [-0.4, -0.2) is 25.5 Å². The van der Waals surface area contributed by atoms with E-state index in [-0.39, 0.29) is 5.41 Å². The summed E-state index contributed by atoms with van der Waals surface area (Å²) in [5.41, 5.74) is 2.26. The van der Waals surface area contributed by atoms with E-state index >= 15 is 0 Å². The number of fused-ring (bicyclic) bond motifs is 1. The van der Waals surface area contributed by atoms with E-state index in [0.29, 0.717) is 0 Å². The van der Waals surface area contributed by atoms with Gasteiger partial charge in [0.1, 0.15) is 11.6 Å². The van der Waals surface area contributed by atoms with Crippen LogP contribution >= 0.6 is 11.5 Å². The van der Waals surface area contributed by atoms with E-state index < -0.39 is 0 Å². The summed E-state index contributed by atoms with van der Waals surface area (Å²) in [4.78, 5) is 9.26. The molecule has 1 aromatic carbocycles. The number of rotatable bonds is 5. The Morgan fingerprint density at radius 2 is 1.96 bits per heavy atom. The van der Waals surface area contributed by atoms with Crippen LogP contribution in [0.15, 0.2) is 24.3 Å². The Balaban J connectivity index is 1.55. The third-order valence-electron chi connectivity index (χ3n) is 3.83. The molecule has 0 aliphatic rings. The zero-order valence-electron chi connectivity index (χ0n) is 14.1. The number of aromatic nitrogens is 4. The second-order valence-electron chi connectivity index (χ2n) is 6.78. The summed E-state index contributed by atoms with van der Waals surface area (Å²) in [6.45, 7) is 7.27. The van der Waals surface area contributed by atoms with E-state index in [2.05, 4.69) is 65.3 Å². The van der Waals surface area contributed by atoms with Crippen molar-refractivity contribution in [2.45, 2.75) is 39.0 Å². The third kappa shape index (κ3) is 3.52. The summed E-state index contributed by atoms with van der Waals surface area (Å²) in [6, 6.07) is 8.26. The topological polar surface area (TPSA) is 55.6 Å². The van der Waals surface area contributed by atoms with Crippen LogP contribution < -0.4 is 5.32 Å². The third-order valence-corrected chi connectivity index (χ3v) is 4.50. The molecule has 0 aliphatic carbocycles. The van der Waals surface area contributed by atoms with Crippen molar-refractivity contribution in [1.29, 1.82) is 0 Å². The molecule has 2 heterocycles. The van der Waals surface area contributed by atoms with Gasteiger partial charge in [-0.2, -0.15) is 4.37 Å². The van der Waals surface area contributed by atoms with Gasteiger partial charge in [-0.3, -0.25) is 0 Å². The van der Waals surface area contributed by atoms with Crippen LogP contribution in [0, 0.1) is 0 Å². The molecule has 1 N–H and O–H groups in total. The number of aryl methyl sites for hydroxylation is 2. The number of nitrogens with one attached hydrogen (secondary N) is 1. The van der Waals surface area contributed by atoms with Crippen molar-refractivity contribution >= 4 is 27.7 Å². The first kappa shape index (κ1) is 15.9. The fraction of sp³-hybridized carbons (Fsp3) is 0.471. The van der Waals surface area contributed by atoms with Crippen molar-refractivity contribution in [3.8, 4) is 0 Å². The summed E-state index contributed by atoms with van der Waals surface area (Å²) < 4.78 is 6.60. The van der Waals surface area contributed by atoms with Crippen LogP contribution in [0.4, 0.5) is 5.13 Å². The number of hydrogen-bond acceptors (Lipinski definition) is 5. The van der Waals surface area contributed by atoms with Gasteiger partial charge < -0.3 is 9.88 Å². The maximum Gasteiger partial charge on any atom is 0.202 e. The zero-order chi connectivity index (χ0) is 16.4. The molecule has 0 spiro atoms. The summed E-state index contributed by atoms with van der Waals surface area (Å²) in [6.07, 6.45) is 1.96. The molecule has 0 atom stereocenters. The number of anilines is 1. The highest BCUT2D eigenvalue weighted by Crippen LogP contribution is 2.23. The molecular weight excluding hydrogens is 306 g/mol. The number of hydrogen-bond donors (Lipinski definition) is 1. The van der Waals surface area contributed by atoms with Gasteiger partial charge >= 0.3 is 0 Å². The fourth-order valence-corrected chi connectivity index (χ4v) is 3.24. The molecule has 0 fully saturated rings. The smallest absolute Gasteiger partial charge is 0.202 e. The molecule has 5 nitrogen and oxygen atoms in total. The molecule has 0 radical (unpaired) electrons. The molecule has 3 aromatic rings. The quantitative estimate of drug-likeness (QED) is 0.724. The number of imidazole rings is 1. The average Bonchev–Trinajstić information content (AvgIpc) is 3.10. The van der Waals surface area contributed by atoms with E-state index in [4.69, 9.17) is 4.98 Å². The van der Waals surface area contributed by atoms with Gasteiger partial charge in [-0.1, -0.05) is 32.9 Å². The lowest BCUT2D eigenvalue weighted by molar-refractivity contribution is 0.555. The lowest BCUT2D eigenvalue weighted by atomic mass is 9.96. The first-order chi connectivity index (χ1) is 10.9. The molecule has 6 heteroatoms. The highest BCUT2D eigenvalue weighted by molar-refractivity contribution is 7.09. The van der Waals surface area contributed by atoms with E-state index in [1.165, 1.54) is 17.0 Å². The second-order valence-corrected chi connectivity index (χ2v) is 7.53. The van der Waals surface area contributed by atoms with Crippen molar-refractivity contribution in [1.82, 2.24) is 18.9 Å². The molecule has 3 rings (SSSR count). The summed E-state index contributed by atoms with van der Waals surface area (Å²) in [5, 5.41) is 4.27. The van der Waals surface area contributed by atoms with Gasteiger partial charge in [-0.05, 0) is 18.6 Å². The predicted octanol–water partition coefficient (Wildman–Crippen LogP) is 3.77. The molecule has 0 aliphatic heterocycles. The van der Waals surface area contributed by atoms with Gasteiger partial charge in [-0.25, -0.2) is 9.97 Å². The predicted molar refractivity (Wildman–Crippen MR) is 96.1 cm³/mol. The maximum atomic E-state index is 4.70. The molecular formula is C17H23N5S. The number of benzene rings is 1. The van der Waals surface area contributed by atoms with Gasteiger partial charge in [0.25, 0.3) is 0 Å². The standard InChI is InChI=1S/C17H23N5S/c1-17(2,3)15-20-16(23-21-15)18-11-7-10-14-19-12-8-5-6-9-13(12)22(14)4/h5-6,8-9H,7,10-11H2,1-4H3,(H,18,20,21). The van der Waals surface area contributed by atoms with Crippen LogP contribution in [0.25, 0.3) is 11.0 Å². The molecule has 122 valence electrons. The SMILES string of the molecule is Cn1c(CCCNc2nc(C(C)(C)C)ns2)nc2ccccc21. The molecule has 0 unspecified atom stereocenters. The highest BCUT2D eigenvalue weighted by Gasteiger charge is 2.19. The van der Waals surface area contributed by atoms with Crippen molar-refractivity contribution in [3.63, 3.8) is 0 Å². The Bertz CT molecular complexity index is 797. The average molecular weight is 329 g/mol. The Morgan fingerprint density at radius 1 is 1.17 bits per heavy atom. The van der Waals surface area contributed by atoms with Crippen LogP contribution in [0.2, 0.25) is 0 Å². The fourth-order valence-electron chi connectivity index (χ4n) is 2.46. The van der Waals surface area contributed by atoms with Gasteiger partial charge in [0.2, 0.25) is 5.13 Å². The largest absolute Gasteiger partial charge is 0.360 e. The minimum atomic E-state index is 0.00347. The molecule has 0 amide bonds. The summed E-state index contributed by atoms with van der Waals surface area (Å²) in [7, 11) is 2.08. The van der Waals surface area contributed by atoms with E-state index in [9.17, 15) is 0 Å². The Kier molecular flexibility index (Phi) is 4.35. The normalized spacial score (nSPS) is 12.0. The van der Waals surface area contributed by atoms with E-state index in [1.807, 2.05) is 6.07 Å². The lowest BCUT2D eigenvalue weighted by Crippen LogP contribution is -2.13. The van der Waals surface area contributed by atoms with Gasteiger partial charge in [0.15, 0.2) is 0 Å². The number of nitrogens with zero attached hydrogens (tertiary/aromatic N) is 4.